The molecule has 4 rings (SSSR count). The first kappa shape index (κ1) is 16.5. The van der Waals surface area contributed by atoms with E-state index in [0.29, 0.717) is 6.42 Å². The van der Waals surface area contributed by atoms with Crippen LogP contribution in [0.25, 0.3) is 20.8 Å². The van der Waals surface area contributed by atoms with E-state index < -0.39 is 0 Å². The van der Waals surface area contributed by atoms with E-state index in [2.05, 4.69) is 16.4 Å². The number of fused-ring (bicyclic) bond motifs is 1. The highest BCUT2D eigenvalue weighted by Crippen LogP contribution is 2.31. The van der Waals surface area contributed by atoms with E-state index in [-0.39, 0.29) is 5.91 Å². The van der Waals surface area contributed by atoms with E-state index in [9.17, 15) is 4.79 Å². The minimum Gasteiger partial charge on any atom is -0.326 e. The molecule has 1 N–H and O–H groups in total. The lowest BCUT2D eigenvalue weighted by molar-refractivity contribution is -0.115. The molecule has 128 valence electrons. The lowest BCUT2D eigenvalue weighted by Crippen LogP contribution is -2.14. The van der Waals surface area contributed by atoms with Gasteiger partial charge in [-0.1, -0.05) is 54.1 Å². The lowest BCUT2D eigenvalue weighted by atomic mass is 10.1. The van der Waals surface area contributed by atoms with Gasteiger partial charge in [-0.2, -0.15) is 0 Å². The summed E-state index contributed by atoms with van der Waals surface area (Å²) in [6.45, 7) is 2.04. The molecular weight excluding hydrogens is 340 g/mol. The normalized spacial score (nSPS) is 10.8. The quantitative estimate of drug-likeness (QED) is 0.527. The van der Waals surface area contributed by atoms with Gasteiger partial charge in [0, 0.05) is 11.3 Å². The van der Waals surface area contributed by atoms with Crippen molar-refractivity contribution in [3.63, 3.8) is 0 Å². The SMILES string of the molecule is Cc1ccc(CC(=O)Nc2cccc(-c3nc4ccccc4s3)c2)cc1. The van der Waals surface area contributed by atoms with E-state index in [1.807, 2.05) is 73.7 Å². The molecule has 0 bridgehead atoms. The number of hydrogen-bond donors (Lipinski definition) is 1. The number of carbonyl (C=O) groups excluding carboxylic acids is 1. The van der Waals surface area contributed by atoms with Crippen molar-refractivity contribution in [2.45, 2.75) is 13.3 Å². The maximum atomic E-state index is 12.3. The third kappa shape index (κ3) is 3.65. The van der Waals surface area contributed by atoms with E-state index in [1.54, 1.807) is 11.3 Å². The second kappa shape index (κ2) is 7.10. The molecule has 1 heterocycles. The number of thiazole rings is 1. The summed E-state index contributed by atoms with van der Waals surface area (Å²) in [5.41, 5.74) is 5.01. The zero-order valence-electron chi connectivity index (χ0n) is 14.4. The third-order valence-electron chi connectivity index (χ3n) is 4.17. The first-order chi connectivity index (χ1) is 12.7. The maximum Gasteiger partial charge on any atom is 0.228 e. The van der Waals surface area contributed by atoms with Crippen LogP contribution in [0.3, 0.4) is 0 Å². The van der Waals surface area contributed by atoms with E-state index in [1.165, 1.54) is 5.56 Å². The van der Waals surface area contributed by atoms with Crippen molar-refractivity contribution in [3.8, 4) is 10.6 Å². The van der Waals surface area contributed by atoms with Crippen molar-refractivity contribution >= 4 is 33.1 Å². The van der Waals surface area contributed by atoms with Crippen molar-refractivity contribution < 1.29 is 4.79 Å². The number of carbonyl (C=O) groups is 1. The Labute approximate surface area is 156 Å². The summed E-state index contributed by atoms with van der Waals surface area (Å²) in [5.74, 6) is -0.0182. The van der Waals surface area contributed by atoms with Crippen LogP contribution in [0.15, 0.2) is 72.8 Å². The summed E-state index contributed by atoms with van der Waals surface area (Å²) in [7, 11) is 0. The minimum atomic E-state index is -0.0182. The van der Waals surface area contributed by atoms with Crippen LogP contribution in [0.5, 0.6) is 0 Å². The van der Waals surface area contributed by atoms with Crippen LogP contribution in [0, 0.1) is 6.92 Å². The highest BCUT2D eigenvalue weighted by Gasteiger charge is 2.08. The molecule has 0 unspecified atom stereocenters. The Bertz CT molecular complexity index is 1030. The van der Waals surface area contributed by atoms with Crippen LogP contribution in [0.4, 0.5) is 5.69 Å². The van der Waals surface area contributed by atoms with Gasteiger partial charge in [-0.15, -0.1) is 11.3 Å². The molecule has 1 aromatic heterocycles. The van der Waals surface area contributed by atoms with Crippen LogP contribution in [-0.2, 0) is 11.2 Å². The predicted octanol–water partition coefficient (Wildman–Crippen LogP) is 5.45. The van der Waals surface area contributed by atoms with E-state index >= 15 is 0 Å². The molecule has 0 saturated heterocycles. The fourth-order valence-corrected chi connectivity index (χ4v) is 3.78. The Balaban J connectivity index is 1.51. The molecule has 3 aromatic carbocycles. The molecular formula is C22H18N2OS. The van der Waals surface area contributed by atoms with Gasteiger partial charge in [0.15, 0.2) is 0 Å². The highest BCUT2D eigenvalue weighted by molar-refractivity contribution is 7.21. The molecule has 26 heavy (non-hydrogen) atoms. The van der Waals surface area contributed by atoms with Gasteiger partial charge >= 0.3 is 0 Å². The molecule has 0 saturated carbocycles. The van der Waals surface area contributed by atoms with Gasteiger partial charge in [0.1, 0.15) is 5.01 Å². The number of anilines is 1. The number of aryl methyl sites for hydroxylation is 1. The Hall–Kier alpha value is -2.98. The van der Waals surface area contributed by atoms with Crippen molar-refractivity contribution in [2.24, 2.45) is 0 Å². The monoisotopic (exact) mass is 358 g/mol. The molecule has 0 aliphatic heterocycles. The zero-order valence-corrected chi connectivity index (χ0v) is 15.2. The molecule has 0 atom stereocenters. The van der Waals surface area contributed by atoms with Crippen molar-refractivity contribution in [1.82, 2.24) is 4.98 Å². The second-order valence-electron chi connectivity index (χ2n) is 6.28. The lowest BCUT2D eigenvalue weighted by Gasteiger charge is -2.07. The molecule has 1 amide bonds. The number of para-hydroxylation sites is 1. The summed E-state index contributed by atoms with van der Waals surface area (Å²) < 4.78 is 1.16. The summed E-state index contributed by atoms with van der Waals surface area (Å²) in [4.78, 5) is 17.0. The number of hydrogen-bond acceptors (Lipinski definition) is 3. The number of amides is 1. The largest absolute Gasteiger partial charge is 0.326 e. The average molecular weight is 358 g/mol. The van der Waals surface area contributed by atoms with Gasteiger partial charge in [-0.05, 0) is 36.8 Å². The maximum absolute atomic E-state index is 12.3. The Morgan fingerprint density at radius 3 is 2.62 bits per heavy atom. The van der Waals surface area contributed by atoms with E-state index in [0.717, 1.165) is 32.0 Å². The van der Waals surface area contributed by atoms with Crippen molar-refractivity contribution in [1.29, 1.82) is 0 Å². The fourth-order valence-electron chi connectivity index (χ4n) is 2.82. The van der Waals surface area contributed by atoms with Crippen molar-refractivity contribution in [3.05, 3.63) is 83.9 Å². The van der Waals surface area contributed by atoms with Crippen LogP contribution in [0.2, 0.25) is 0 Å². The predicted molar refractivity (Wildman–Crippen MR) is 109 cm³/mol. The number of benzene rings is 3. The third-order valence-corrected chi connectivity index (χ3v) is 5.26. The molecule has 4 heteroatoms. The molecule has 0 radical (unpaired) electrons. The molecule has 0 aliphatic carbocycles. The smallest absolute Gasteiger partial charge is 0.228 e. The van der Waals surface area contributed by atoms with Gasteiger partial charge in [-0.25, -0.2) is 4.98 Å². The van der Waals surface area contributed by atoms with Crippen LogP contribution >= 0.6 is 11.3 Å². The topological polar surface area (TPSA) is 42.0 Å². The molecule has 0 fully saturated rings. The second-order valence-corrected chi connectivity index (χ2v) is 7.31. The fraction of sp³-hybridized carbons (Fsp3) is 0.0909. The number of aromatic nitrogens is 1. The van der Waals surface area contributed by atoms with Gasteiger partial charge in [-0.3, -0.25) is 4.79 Å². The number of nitrogens with zero attached hydrogens (tertiary/aromatic N) is 1. The Morgan fingerprint density at radius 1 is 1.00 bits per heavy atom. The number of nitrogens with one attached hydrogen (secondary N) is 1. The molecule has 0 spiro atoms. The van der Waals surface area contributed by atoms with Crippen LogP contribution in [-0.4, -0.2) is 10.9 Å². The van der Waals surface area contributed by atoms with Gasteiger partial charge in [0.2, 0.25) is 5.91 Å². The zero-order chi connectivity index (χ0) is 17.9. The molecule has 4 aromatic rings. The Morgan fingerprint density at radius 2 is 1.81 bits per heavy atom. The number of rotatable bonds is 4. The molecule has 0 aliphatic rings. The van der Waals surface area contributed by atoms with Crippen LogP contribution < -0.4 is 5.32 Å². The van der Waals surface area contributed by atoms with Crippen molar-refractivity contribution in [2.75, 3.05) is 5.32 Å². The minimum absolute atomic E-state index is 0.0182. The van der Waals surface area contributed by atoms with Gasteiger partial charge < -0.3 is 5.32 Å². The Kier molecular flexibility index (Phi) is 4.50. The standard InChI is InChI=1S/C22H18N2OS/c1-15-9-11-16(12-10-15)13-21(25)23-18-6-4-5-17(14-18)22-24-19-7-2-3-8-20(19)26-22/h2-12,14H,13H2,1H3,(H,23,25). The van der Waals surface area contributed by atoms with Gasteiger partial charge in [0.25, 0.3) is 0 Å². The summed E-state index contributed by atoms with van der Waals surface area (Å²) >= 11 is 1.66. The average Bonchev–Trinajstić information content (AvgIpc) is 3.08. The summed E-state index contributed by atoms with van der Waals surface area (Å²) in [6, 6.07) is 24.0. The summed E-state index contributed by atoms with van der Waals surface area (Å²) in [6.07, 6.45) is 0.367. The first-order valence-corrected chi connectivity index (χ1v) is 9.30. The highest BCUT2D eigenvalue weighted by atomic mass is 32.1. The molecule has 3 nitrogen and oxygen atoms in total. The van der Waals surface area contributed by atoms with Crippen LogP contribution in [0.1, 0.15) is 11.1 Å². The van der Waals surface area contributed by atoms with E-state index in [4.69, 9.17) is 0 Å². The van der Waals surface area contributed by atoms with Gasteiger partial charge in [0.05, 0.1) is 16.6 Å². The first-order valence-electron chi connectivity index (χ1n) is 8.49. The summed E-state index contributed by atoms with van der Waals surface area (Å²) in [5, 5.41) is 3.95.